The summed E-state index contributed by atoms with van der Waals surface area (Å²) in [5.41, 5.74) is 4.39. The Balaban J connectivity index is 1.26. The molecule has 43 heavy (non-hydrogen) atoms. The van der Waals surface area contributed by atoms with Crippen LogP contribution in [0.1, 0.15) is 31.9 Å². The number of hydrogen-bond donors (Lipinski definition) is 4. The average Bonchev–Trinajstić information content (AvgIpc) is 3.38. The van der Waals surface area contributed by atoms with Crippen LogP contribution in [0.4, 0.5) is 5.69 Å². The number of aromatic hydroxyl groups is 1. The molecule has 0 bridgehead atoms. The second kappa shape index (κ2) is 12.5. The molecule has 0 spiro atoms. The van der Waals surface area contributed by atoms with E-state index in [-0.39, 0.29) is 23.5 Å². The number of pyridine rings is 1. The van der Waals surface area contributed by atoms with E-state index < -0.39 is 0 Å². The number of aromatic nitrogens is 3. The van der Waals surface area contributed by atoms with Gasteiger partial charge in [-0.3, -0.25) is 9.20 Å². The first kappa shape index (κ1) is 29.6. The second-order valence-corrected chi connectivity index (χ2v) is 12.5. The van der Waals surface area contributed by atoms with Crippen LogP contribution in [0.2, 0.25) is 0 Å². The first-order valence-corrected chi connectivity index (χ1v) is 14.7. The zero-order valence-electron chi connectivity index (χ0n) is 24.6. The van der Waals surface area contributed by atoms with E-state index in [1.54, 1.807) is 36.0 Å². The zero-order chi connectivity index (χ0) is 30.6. The second-order valence-electron chi connectivity index (χ2n) is 11.4. The monoisotopic (exact) mass is 590 g/mol. The Hall–Kier alpha value is -4.89. The van der Waals surface area contributed by atoms with Crippen molar-refractivity contribution < 1.29 is 9.90 Å². The van der Waals surface area contributed by atoms with Crippen molar-refractivity contribution in [3.05, 3.63) is 114 Å². The Morgan fingerprint density at radius 2 is 1.70 bits per heavy atom. The van der Waals surface area contributed by atoms with E-state index in [0.717, 1.165) is 32.2 Å². The molecule has 9 heteroatoms. The molecule has 0 aliphatic rings. The molecule has 0 saturated heterocycles. The quantitative estimate of drug-likeness (QED) is 0.135. The number of carbonyl (C=O) groups excluding carboxylic acids is 1. The molecule has 0 aliphatic carbocycles. The number of carbonyl (C=O) groups is 1. The smallest absolute Gasteiger partial charge is 0.229 e. The maximum Gasteiger partial charge on any atom is 0.229 e. The molecule has 0 aliphatic heterocycles. The van der Waals surface area contributed by atoms with Gasteiger partial charge in [-0.2, -0.15) is 0 Å². The number of amides is 1. The van der Waals surface area contributed by atoms with Gasteiger partial charge in [0.05, 0.1) is 6.42 Å². The summed E-state index contributed by atoms with van der Waals surface area (Å²) < 4.78 is 1.91. The summed E-state index contributed by atoms with van der Waals surface area (Å²) in [5, 5.41) is 33.1. The Kier molecular flexibility index (Phi) is 8.63. The SMILES string of the molecule is Cc1ccc(N/C(=C\C(=N)C(C)(C)C)NC(=O)Cc2ccc(Sc3ccc4nnc(-c5cccc(O)c5)n4c3)cc2)cc1. The molecule has 2 heterocycles. The van der Waals surface area contributed by atoms with E-state index in [0.29, 0.717) is 23.0 Å². The third-order valence-corrected chi connectivity index (χ3v) is 7.69. The number of phenolic OH excluding ortho intramolecular Hbond substituents is 1. The molecule has 218 valence electrons. The molecule has 5 rings (SSSR count). The van der Waals surface area contributed by atoms with Gasteiger partial charge in [-0.1, -0.05) is 74.5 Å². The Labute approximate surface area is 255 Å². The van der Waals surface area contributed by atoms with Gasteiger partial charge in [-0.05, 0) is 61.0 Å². The van der Waals surface area contributed by atoms with Gasteiger partial charge in [0, 0.05) is 44.4 Å². The van der Waals surface area contributed by atoms with Crippen molar-refractivity contribution >= 4 is 34.7 Å². The third kappa shape index (κ3) is 7.69. The number of nitrogens with zero attached hydrogens (tertiary/aromatic N) is 3. The maximum absolute atomic E-state index is 13.0. The largest absolute Gasteiger partial charge is 0.508 e. The van der Waals surface area contributed by atoms with Crippen LogP contribution >= 0.6 is 11.8 Å². The number of anilines is 1. The lowest BCUT2D eigenvalue weighted by Crippen LogP contribution is -2.30. The van der Waals surface area contributed by atoms with Gasteiger partial charge >= 0.3 is 0 Å². The van der Waals surface area contributed by atoms with Crippen molar-refractivity contribution in [2.45, 2.75) is 43.9 Å². The molecule has 0 saturated carbocycles. The van der Waals surface area contributed by atoms with E-state index >= 15 is 0 Å². The van der Waals surface area contributed by atoms with Gasteiger partial charge in [0.1, 0.15) is 11.6 Å². The summed E-state index contributed by atoms with van der Waals surface area (Å²) >= 11 is 1.59. The molecule has 3 aromatic carbocycles. The lowest BCUT2D eigenvalue weighted by molar-refractivity contribution is -0.119. The molecule has 0 fully saturated rings. The van der Waals surface area contributed by atoms with Crippen LogP contribution in [0.15, 0.2) is 113 Å². The van der Waals surface area contributed by atoms with E-state index in [2.05, 4.69) is 20.8 Å². The van der Waals surface area contributed by atoms with E-state index in [4.69, 9.17) is 5.41 Å². The fourth-order valence-corrected chi connectivity index (χ4v) is 5.06. The highest BCUT2D eigenvalue weighted by Crippen LogP contribution is 2.30. The maximum atomic E-state index is 13.0. The van der Waals surface area contributed by atoms with Gasteiger partial charge in [0.25, 0.3) is 0 Å². The summed E-state index contributed by atoms with van der Waals surface area (Å²) in [6, 6.07) is 26.6. The molecule has 1 amide bonds. The van der Waals surface area contributed by atoms with Crippen LogP contribution in [0.25, 0.3) is 17.0 Å². The van der Waals surface area contributed by atoms with Crippen LogP contribution in [-0.2, 0) is 11.2 Å². The number of allylic oxidation sites excluding steroid dienone is 1. The molecule has 8 nitrogen and oxygen atoms in total. The summed E-state index contributed by atoms with van der Waals surface area (Å²) in [5.74, 6) is 1.12. The Bertz CT molecular complexity index is 1800. The lowest BCUT2D eigenvalue weighted by atomic mass is 9.90. The van der Waals surface area contributed by atoms with Gasteiger partial charge in [0.15, 0.2) is 11.5 Å². The van der Waals surface area contributed by atoms with Crippen LogP contribution in [0.5, 0.6) is 5.75 Å². The van der Waals surface area contributed by atoms with Crippen molar-refractivity contribution in [2.24, 2.45) is 5.41 Å². The number of nitrogens with one attached hydrogen (secondary N) is 3. The topological polar surface area (TPSA) is 115 Å². The number of aryl methyl sites for hydroxylation is 1. The molecule has 0 atom stereocenters. The number of rotatable bonds is 9. The highest BCUT2D eigenvalue weighted by Gasteiger charge is 2.17. The van der Waals surface area contributed by atoms with Crippen molar-refractivity contribution in [1.82, 2.24) is 19.9 Å². The van der Waals surface area contributed by atoms with E-state index in [9.17, 15) is 9.90 Å². The first-order valence-electron chi connectivity index (χ1n) is 13.9. The van der Waals surface area contributed by atoms with Gasteiger partial charge in [0.2, 0.25) is 5.91 Å². The first-order chi connectivity index (χ1) is 20.5. The predicted molar refractivity (Wildman–Crippen MR) is 173 cm³/mol. The normalized spacial score (nSPS) is 11.9. The molecule has 4 N–H and O–H groups in total. The summed E-state index contributed by atoms with van der Waals surface area (Å²) in [6.45, 7) is 7.92. The van der Waals surface area contributed by atoms with Crippen molar-refractivity contribution in [2.75, 3.05) is 5.32 Å². The number of fused-ring (bicyclic) bond motifs is 1. The highest BCUT2D eigenvalue weighted by atomic mass is 32.2. The fraction of sp³-hybridized carbons (Fsp3) is 0.176. The van der Waals surface area contributed by atoms with E-state index in [1.807, 2.05) is 105 Å². The minimum atomic E-state index is -0.358. The minimum Gasteiger partial charge on any atom is -0.508 e. The van der Waals surface area contributed by atoms with Gasteiger partial charge in [-0.15, -0.1) is 10.2 Å². The third-order valence-electron chi connectivity index (χ3n) is 6.70. The highest BCUT2D eigenvalue weighted by molar-refractivity contribution is 7.99. The average molecular weight is 591 g/mol. The van der Waals surface area contributed by atoms with E-state index in [1.165, 1.54) is 0 Å². The van der Waals surface area contributed by atoms with Gasteiger partial charge in [-0.25, -0.2) is 0 Å². The molecular weight excluding hydrogens is 556 g/mol. The summed E-state index contributed by atoms with van der Waals surface area (Å²) in [7, 11) is 0. The Morgan fingerprint density at radius 1 is 0.977 bits per heavy atom. The van der Waals surface area contributed by atoms with Crippen LogP contribution in [0.3, 0.4) is 0 Å². The summed E-state index contributed by atoms with van der Waals surface area (Å²) in [4.78, 5) is 15.1. The van der Waals surface area contributed by atoms with Crippen molar-refractivity contribution in [3.8, 4) is 17.1 Å². The fourth-order valence-electron chi connectivity index (χ4n) is 4.22. The standard InChI is InChI=1S/C34H34N6O2S/c1-22-8-12-25(13-9-22)36-30(20-29(35)34(2,3)4)37-32(42)18-23-10-14-27(15-11-23)43-28-16-17-31-38-39-33(40(31)21-28)24-6-5-7-26(41)19-24/h5-17,19-21,35-36,41H,18H2,1-4H3,(H,37,42)/b30-20+,35-29?. The Morgan fingerprint density at radius 3 is 2.40 bits per heavy atom. The molecule has 2 aromatic heterocycles. The number of phenols is 1. The molecule has 0 unspecified atom stereocenters. The number of benzene rings is 3. The lowest BCUT2D eigenvalue weighted by Gasteiger charge is -2.19. The molecule has 5 aromatic rings. The van der Waals surface area contributed by atoms with Crippen LogP contribution < -0.4 is 10.6 Å². The molecule has 0 radical (unpaired) electrons. The van der Waals surface area contributed by atoms with Crippen molar-refractivity contribution in [1.29, 1.82) is 5.41 Å². The van der Waals surface area contributed by atoms with Gasteiger partial charge < -0.3 is 21.1 Å². The molecular formula is C34H34N6O2S. The van der Waals surface area contributed by atoms with Crippen LogP contribution in [0, 0.1) is 17.7 Å². The zero-order valence-corrected chi connectivity index (χ0v) is 25.4. The minimum absolute atomic E-state index is 0.174. The summed E-state index contributed by atoms with van der Waals surface area (Å²) in [6.07, 6.45) is 3.85. The predicted octanol–water partition coefficient (Wildman–Crippen LogP) is 7.24. The van der Waals surface area contributed by atoms with Crippen LogP contribution in [-0.4, -0.2) is 31.3 Å². The van der Waals surface area contributed by atoms with Crippen molar-refractivity contribution in [3.63, 3.8) is 0 Å². The number of hydrogen-bond acceptors (Lipinski definition) is 7.